The Bertz CT molecular complexity index is 465. The molecule has 3 nitrogen and oxygen atoms in total. The van der Waals surface area contributed by atoms with Crippen molar-refractivity contribution >= 4 is 5.69 Å². The van der Waals surface area contributed by atoms with Crippen molar-refractivity contribution < 1.29 is 8.81 Å². The highest BCUT2D eigenvalue weighted by molar-refractivity contribution is 5.62. The first-order chi connectivity index (χ1) is 6.66. The van der Waals surface area contributed by atoms with Gasteiger partial charge in [-0.1, -0.05) is 0 Å². The summed E-state index contributed by atoms with van der Waals surface area (Å²) in [6.45, 7) is 1.70. The smallest absolute Gasteiger partial charge is 0.191 e. The molecular weight excluding hydrogens is 183 g/mol. The minimum absolute atomic E-state index is 0.339. The molecule has 4 heteroatoms. The first-order valence-electron chi connectivity index (χ1n) is 4.14. The number of benzene rings is 1. The van der Waals surface area contributed by atoms with E-state index in [1.165, 1.54) is 24.4 Å². The normalized spacial score (nSPS) is 10.4. The first kappa shape index (κ1) is 8.74. The lowest BCUT2D eigenvalue weighted by atomic mass is 10.1. The maximum absolute atomic E-state index is 13.3. The molecule has 0 atom stereocenters. The molecule has 0 saturated carbocycles. The number of nitrogens with zero attached hydrogens (tertiary/aromatic N) is 1. The minimum Gasteiger partial charge on any atom is -0.441 e. The zero-order valence-electron chi connectivity index (χ0n) is 7.62. The molecule has 0 aliphatic heterocycles. The number of halogens is 1. The van der Waals surface area contributed by atoms with E-state index in [2.05, 4.69) is 4.98 Å². The van der Waals surface area contributed by atoms with Crippen LogP contribution in [0.25, 0.3) is 11.3 Å². The van der Waals surface area contributed by atoms with Crippen molar-refractivity contribution in [2.24, 2.45) is 0 Å². The zero-order valence-corrected chi connectivity index (χ0v) is 7.62. The summed E-state index contributed by atoms with van der Waals surface area (Å²) in [5.74, 6) is 0.532. The fourth-order valence-electron chi connectivity index (χ4n) is 1.22. The van der Waals surface area contributed by atoms with Crippen LogP contribution >= 0.6 is 0 Å². The third-order valence-electron chi connectivity index (χ3n) is 1.88. The molecule has 0 saturated heterocycles. The molecule has 14 heavy (non-hydrogen) atoms. The SMILES string of the molecule is Cc1ncc(-c2cc(N)ccc2F)o1. The molecule has 2 rings (SSSR count). The van der Waals surface area contributed by atoms with Gasteiger partial charge in [0.25, 0.3) is 0 Å². The van der Waals surface area contributed by atoms with Crippen molar-refractivity contribution in [3.63, 3.8) is 0 Å². The molecule has 0 unspecified atom stereocenters. The van der Waals surface area contributed by atoms with E-state index in [1.807, 2.05) is 0 Å². The maximum atomic E-state index is 13.3. The third-order valence-corrected chi connectivity index (χ3v) is 1.88. The summed E-state index contributed by atoms with van der Waals surface area (Å²) < 4.78 is 18.5. The predicted octanol–water partition coefficient (Wildman–Crippen LogP) is 2.37. The molecule has 0 aliphatic rings. The second kappa shape index (κ2) is 3.14. The molecule has 2 N–H and O–H groups in total. The van der Waals surface area contributed by atoms with Gasteiger partial charge in [0, 0.05) is 12.6 Å². The summed E-state index contributed by atoms with van der Waals surface area (Å²) >= 11 is 0. The Kier molecular flexibility index (Phi) is 1.96. The van der Waals surface area contributed by atoms with Gasteiger partial charge in [0.05, 0.1) is 11.8 Å². The highest BCUT2D eigenvalue weighted by Crippen LogP contribution is 2.25. The van der Waals surface area contributed by atoms with Crippen LogP contribution < -0.4 is 5.73 Å². The highest BCUT2D eigenvalue weighted by atomic mass is 19.1. The van der Waals surface area contributed by atoms with E-state index in [0.29, 0.717) is 22.9 Å². The Morgan fingerprint density at radius 1 is 1.43 bits per heavy atom. The van der Waals surface area contributed by atoms with E-state index in [0.717, 1.165) is 0 Å². The lowest BCUT2D eigenvalue weighted by Crippen LogP contribution is -1.88. The molecule has 0 radical (unpaired) electrons. The monoisotopic (exact) mass is 192 g/mol. The summed E-state index contributed by atoms with van der Waals surface area (Å²) in [6, 6.07) is 4.33. The van der Waals surface area contributed by atoms with E-state index < -0.39 is 0 Å². The fourth-order valence-corrected chi connectivity index (χ4v) is 1.22. The molecule has 0 spiro atoms. The Hall–Kier alpha value is -1.84. The number of hydrogen-bond donors (Lipinski definition) is 1. The molecule has 0 aliphatic carbocycles. The first-order valence-corrected chi connectivity index (χ1v) is 4.14. The van der Waals surface area contributed by atoms with Crippen LogP contribution in [-0.2, 0) is 0 Å². The van der Waals surface area contributed by atoms with Gasteiger partial charge in [-0.25, -0.2) is 9.37 Å². The largest absolute Gasteiger partial charge is 0.441 e. The van der Waals surface area contributed by atoms with E-state index in [-0.39, 0.29) is 5.82 Å². The number of oxazole rings is 1. The van der Waals surface area contributed by atoms with Gasteiger partial charge < -0.3 is 10.2 Å². The number of rotatable bonds is 1. The number of aryl methyl sites for hydroxylation is 1. The number of hydrogen-bond acceptors (Lipinski definition) is 3. The van der Waals surface area contributed by atoms with Gasteiger partial charge in [-0.3, -0.25) is 0 Å². The number of nitrogen functional groups attached to an aromatic ring is 1. The molecule has 2 aromatic rings. The fraction of sp³-hybridized carbons (Fsp3) is 0.100. The molecule has 0 amide bonds. The highest BCUT2D eigenvalue weighted by Gasteiger charge is 2.09. The summed E-state index contributed by atoms with van der Waals surface area (Å²) in [5, 5.41) is 0. The quantitative estimate of drug-likeness (QED) is 0.705. The van der Waals surface area contributed by atoms with Crippen LogP contribution in [0.4, 0.5) is 10.1 Å². The average Bonchev–Trinajstić information content (AvgIpc) is 2.56. The van der Waals surface area contributed by atoms with Crippen LogP contribution in [0.5, 0.6) is 0 Å². The van der Waals surface area contributed by atoms with E-state index in [4.69, 9.17) is 10.2 Å². The molecular formula is C10H9FN2O. The van der Waals surface area contributed by atoms with Crippen molar-refractivity contribution in [2.45, 2.75) is 6.92 Å². The number of anilines is 1. The van der Waals surface area contributed by atoms with E-state index >= 15 is 0 Å². The summed E-state index contributed by atoms with van der Waals surface area (Å²) in [7, 11) is 0. The van der Waals surface area contributed by atoms with Crippen LogP contribution in [0.3, 0.4) is 0 Å². The van der Waals surface area contributed by atoms with Gasteiger partial charge in [0.1, 0.15) is 5.82 Å². The van der Waals surface area contributed by atoms with Crippen molar-refractivity contribution in [1.29, 1.82) is 0 Å². The average molecular weight is 192 g/mol. The van der Waals surface area contributed by atoms with Gasteiger partial charge in [-0.05, 0) is 18.2 Å². The lowest BCUT2D eigenvalue weighted by Gasteiger charge is -1.99. The van der Waals surface area contributed by atoms with E-state index in [9.17, 15) is 4.39 Å². The standard InChI is InChI=1S/C10H9FN2O/c1-6-13-5-10(14-6)8-4-7(12)2-3-9(8)11/h2-5H,12H2,1H3. The third kappa shape index (κ3) is 1.46. The predicted molar refractivity (Wildman–Crippen MR) is 51.0 cm³/mol. The van der Waals surface area contributed by atoms with Crippen molar-refractivity contribution in [2.75, 3.05) is 5.73 Å². The zero-order chi connectivity index (χ0) is 10.1. The summed E-state index contributed by atoms with van der Waals surface area (Å²) in [4.78, 5) is 3.89. The minimum atomic E-state index is -0.365. The van der Waals surface area contributed by atoms with Gasteiger partial charge in [0.15, 0.2) is 11.7 Å². The Morgan fingerprint density at radius 3 is 2.86 bits per heavy atom. The molecule has 1 aromatic carbocycles. The Balaban J connectivity index is 2.55. The molecule has 1 heterocycles. The Labute approximate surface area is 80.4 Å². The van der Waals surface area contributed by atoms with Gasteiger partial charge >= 0.3 is 0 Å². The van der Waals surface area contributed by atoms with Crippen molar-refractivity contribution in [1.82, 2.24) is 4.98 Å². The number of nitrogens with two attached hydrogens (primary N) is 1. The maximum Gasteiger partial charge on any atom is 0.191 e. The van der Waals surface area contributed by atoms with Gasteiger partial charge in [0.2, 0.25) is 0 Å². The molecule has 0 fully saturated rings. The van der Waals surface area contributed by atoms with Crippen LogP contribution in [0.2, 0.25) is 0 Å². The second-order valence-electron chi connectivity index (χ2n) is 2.98. The molecule has 0 bridgehead atoms. The van der Waals surface area contributed by atoms with Crippen LogP contribution in [0.15, 0.2) is 28.8 Å². The van der Waals surface area contributed by atoms with Gasteiger partial charge in [-0.15, -0.1) is 0 Å². The van der Waals surface area contributed by atoms with Crippen LogP contribution in [0, 0.1) is 12.7 Å². The molecule has 1 aromatic heterocycles. The van der Waals surface area contributed by atoms with Crippen LogP contribution in [0.1, 0.15) is 5.89 Å². The topological polar surface area (TPSA) is 52.0 Å². The van der Waals surface area contributed by atoms with Crippen molar-refractivity contribution in [3.05, 3.63) is 36.1 Å². The van der Waals surface area contributed by atoms with E-state index in [1.54, 1.807) is 6.92 Å². The number of aromatic nitrogens is 1. The molecule has 72 valence electrons. The van der Waals surface area contributed by atoms with Crippen LogP contribution in [-0.4, -0.2) is 4.98 Å². The Morgan fingerprint density at radius 2 is 2.21 bits per heavy atom. The van der Waals surface area contributed by atoms with Crippen molar-refractivity contribution in [3.8, 4) is 11.3 Å². The lowest BCUT2D eigenvalue weighted by molar-refractivity contribution is 0.528. The van der Waals surface area contributed by atoms with Gasteiger partial charge in [-0.2, -0.15) is 0 Å². The summed E-state index contributed by atoms with van der Waals surface area (Å²) in [6.07, 6.45) is 1.48. The summed E-state index contributed by atoms with van der Waals surface area (Å²) in [5.41, 5.74) is 6.38. The second-order valence-corrected chi connectivity index (χ2v) is 2.98.